The molecule has 2 nitrogen and oxygen atoms in total. The third-order valence-corrected chi connectivity index (χ3v) is 4.54. The fourth-order valence-electron chi connectivity index (χ4n) is 3.63. The third-order valence-electron chi connectivity index (χ3n) is 4.54. The van der Waals surface area contributed by atoms with Crippen LogP contribution < -0.4 is 0 Å². The molecule has 1 fully saturated rings. The van der Waals surface area contributed by atoms with Gasteiger partial charge in [-0.15, -0.1) is 0 Å². The predicted octanol–water partition coefficient (Wildman–Crippen LogP) is 3.23. The average molecular weight is 261 g/mol. The summed E-state index contributed by atoms with van der Waals surface area (Å²) in [6.07, 6.45) is 2.85. The van der Waals surface area contributed by atoms with E-state index in [4.69, 9.17) is 0 Å². The van der Waals surface area contributed by atoms with E-state index >= 15 is 0 Å². The zero-order chi connectivity index (χ0) is 13.4. The Labute approximate surface area is 113 Å². The number of Topliss-reactive ketones (excluding diaryl/α,β-unsaturated/α-hetero) is 1. The van der Waals surface area contributed by atoms with Crippen molar-refractivity contribution in [1.82, 2.24) is 4.90 Å². The molecule has 2 unspecified atom stereocenters. The van der Waals surface area contributed by atoms with Gasteiger partial charge >= 0.3 is 0 Å². The number of nitrogens with zero attached hydrogens (tertiary/aromatic N) is 1. The Hall–Kier alpha value is -1.22. The van der Waals surface area contributed by atoms with Crippen LogP contribution in [0.3, 0.4) is 0 Å². The highest BCUT2D eigenvalue weighted by Gasteiger charge is 2.37. The van der Waals surface area contributed by atoms with Crippen molar-refractivity contribution in [3.63, 3.8) is 0 Å². The zero-order valence-corrected chi connectivity index (χ0v) is 11.4. The molecular formula is C16H20FNO. The van der Waals surface area contributed by atoms with E-state index in [1.165, 1.54) is 12.1 Å². The Morgan fingerprint density at radius 1 is 1.42 bits per heavy atom. The summed E-state index contributed by atoms with van der Waals surface area (Å²) in [6.45, 7) is 5.43. The molecule has 2 aliphatic rings. The Bertz CT molecular complexity index is 500. The quantitative estimate of drug-likeness (QED) is 0.814. The van der Waals surface area contributed by atoms with Crippen molar-refractivity contribution in [1.29, 1.82) is 0 Å². The summed E-state index contributed by atoms with van der Waals surface area (Å²) < 4.78 is 13.3. The summed E-state index contributed by atoms with van der Waals surface area (Å²) in [4.78, 5) is 14.6. The maximum absolute atomic E-state index is 13.3. The molecule has 102 valence electrons. The number of likely N-dealkylation sites (tertiary alicyclic amines) is 1. The number of rotatable bonds is 2. The normalized spacial score (nSPS) is 26.9. The molecule has 1 aliphatic heterocycles. The van der Waals surface area contributed by atoms with E-state index in [0.29, 0.717) is 23.8 Å². The van der Waals surface area contributed by atoms with Gasteiger partial charge in [-0.2, -0.15) is 0 Å². The van der Waals surface area contributed by atoms with Crippen molar-refractivity contribution in [2.45, 2.75) is 32.1 Å². The molecule has 1 aromatic rings. The summed E-state index contributed by atoms with van der Waals surface area (Å²) in [7, 11) is 0. The van der Waals surface area contributed by atoms with Crippen LogP contribution in [-0.4, -0.2) is 30.3 Å². The maximum atomic E-state index is 13.3. The van der Waals surface area contributed by atoms with Crippen LogP contribution in [0.2, 0.25) is 0 Å². The van der Waals surface area contributed by atoms with Gasteiger partial charge in [0.1, 0.15) is 5.82 Å². The number of carbonyl (C=O) groups is 1. The fourth-order valence-corrected chi connectivity index (χ4v) is 3.63. The van der Waals surface area contributed by atoms with E-state index < -0.39 is 0 Å². The second-order valence-electron chi connectivity index (χ2n) is 5.81. The lowest BCUT2D eigenvalue weighted by Gasteiger charge is -2.41. The molecule has 0 radical (unpaired) electrons. The minimum Gasteiger partial charge on any atom is -0.303 e. The van der Waals surface area contributed by atoms with Gasteiger partial charge in [0.2, 0.25) is 0 Å². The molecule has 0 aromatic heterocycles. The maximum Gasteiger partial charge on any atom is 0.163 e. The van der Waals surface area contributed by atoms with Crippen molar-refractivity contribution in [3.8, 4) is 0 Å². The molecule has 0 amide bonds. The van der Waals surface area contributed by atoms with Gasteiger partial charge in [0, 0.05) is 24.4 Å². The van der Waals surface area contributed by atoms with Gasteiger partial charge < -0.3 is 4.90 Å². The van der Waals surface area contributed by atoms with Gasteiger partial charge in [0.15, 0.2) is 5.78 Å². The molecular weight excluding hydrogens is 241 g/mol. The number of hydrogen-bond acceptors (Lipinski definition) is 2. The first kappa shape index (κ1) is 12.8. The molecule has 3 heteroatoms. The third kappa shape index (κ3) is 2.32. The van der Waals surface area contributed by atoms with E-state index in [0.717, 1.165) is 38.0 Å². The lowest BCUT2D eigenvalue weighted by molar-refractivity contribution is 0.0867. The molecule has 0 spiro atoms. The van der Waals surface area contributed by atoms with Crippen LogP contribution in [0.25, 0.3) is 0 Å². The first-order chi connectivity index (χ1) is 9.19. The number of fused-ring (bicyclic) bond motifs is 3. The van der Waals surface area contributed by atoms with Gasteiger partial charge in [0.25, 0.3) is 0 Å². The van der Waals surface area contributed by atoms with Crippen LogP contribution in [0.5, 0.6) is 0 Å². The summed E-state index contributed by atoms with van der Waals surface area (Å²) in [5.41, 5.74) is 1.70. The summed E-state index contributed by atoms with van der Waals surface area (Å²) in [5, 5.41) is 0. The number of benzene rings is 1. The number of carbonyl (C=O) groups excluding carboxylic acids is 1. The Kier molecular flexibility index (Phi) is 3.40. The highest BCUT2D eigenvalue weighted by Crippen LogP contribution is 2.41. The monoisotopic (exact) mass is 261 g/mol. The minimum absolute atomic E-state index is 0.125. The van der Waals surface area contributed by atoms with Crippen molar-refractivity contribution in [2.24, 2.45) is 5.92 Å². The van der Waals surface area contributed by atoms with E-state index in [2.05, 4.69) is 11.8 Å². The molecule has 2 atom stereocenters. The van der Waals surface area contributed by atoms with Gasteiger partial charge in [0.05, 0.1) is 0 Å². The van der Waals surface area contributed by atoms with E-state index in [9.17, 15) is 9.18 Å². The van der Waals surface area contributed by atoms with Crippen molar-refractivity contribution in [3.05, 3.63) is 35.1 Å². The number of piperidine rings is 1. The molecule has 1 saturated heterocycles. The van der Waals surface area contributed by atoms with Crippen LogP contribution in [-0.2, 0) is 0 Å². The molecule has 1 aromatic carbocycles. The number of halogens is 1. The molecule has 0 bridgehead atoms. The first-order valence-electron chi connectivity index (χ1n) is 7.24. The summed E-state index contributed by atoms with van der Waals surface area (Å²) in [5.74, 6) is 0.693. The highest BCUT2D eigenvalue weighted by atomic mass is 19.1. The van der Waals surface area contributed by atoms with Gasteiger partial charge in [-0.05, 0) is 49.5 Å². The van der Waals surface area contributed by atoms with Gasteiger partial charge in [-0.25, -0.2) is 4.39 Å². The zero-order valence-electron chi connectivity index (χ0n) is 11.4. The number of ketones is 1. The number of hydrogen-bond donors (Lipinski definition) is 0. The fraction of sp³-hybridized carbons (Fsp3) is 0.562. The lowest BCUT2D eigenvalue weighted by atomic mass is 9.71. The van der Waals surface area contributed by atoms with Gasteiger partial charge in [-0.3, -0.25) is 4.79 Å². The molecule has 19 heavy (non-hydrogen) atoms. The molecule has 3 rings (SSSR count). The molecule has 1 aliphatic carbocycles. The Morgan fingerprint density at radius 3 is 3.05 bits per heavy atom. The van der Waals surface area contributed by atoms with E-state index in [-0.39, 0.29) is 11.6 Å². The predicted molar refractivity (Wildman–Crippen MR) is 72.9 cm³/mol. The second kappa shape index (κ2) is 5.04. The largest absolute Gasteiger partial charge is 0.303 e. The molecule has 0 N–H and O–H groups in total. The average Bonchev–Trinajstić information content (AvgIpc) is 2.40. The van der Waals surface area contributed by atoms with Crippen molar-refractivity contribution >= 4 is 5.78 Å². The second-order valence-corrected chi connectivity index (χ2v) is 5.81. The smallest absolute Gasteiger partial charge is 0.163 e. The molecule has 1 heterocycles. The van der Waals surface area contributed by atoms with E-state index in [1.54, 1.807) is 0 Å². The molecule has 0 saturated carbocycles. The first-order valence-corrected chi connectivity index (χ1v) is 7.24. The van der Waals surface area contributed by atoms with Crippen LogP contribution in [0.4, 0.5) is 4.39 Å². The van der Waals surface area contributed by atoms with Crippen LogP contribution >= 0.6 is 0 Å². The van der Waals surface area contributed by atoms with Crippen molar-refractivity contribution < 1.29 is 9.18 Å². The van der Waals surface area contributed by atoms with E-state index in [1.807, 2.05) is 6.07 Å². The van der Waals surface area contributed by atoms with Crippen LogP contribution in [0.1, 0.15) is 48.0 Å². The lowest BCUT2D eigenvalue weighted by Crippen LogP contribution is -2.42. The minimum atomic E-state index is -0.299. The SMILES string of the molecule is CCCN1CCC2CC(=O)c3cc(F)ccc3C2C1. The standard InChI is InChI=1S/C16H20FNO/c1-2-6-18-7-5-11-8-16(19)14-9-12(17)3-4-13(14)15(11)10-18/h3-4,9,11,15H,2,5-8,10H2,1H3. The Balaban J connectivity index is 1.92. The topological polar surface area (TPSA) is 20.3 Å². The summed E-state index contributed by atoms with van der Waals surface area (Å²) >= 11 is 0. The van der Waals surface area contributed by atoms with Crippen LogP contribution in [0.15, 0.2) is 18.2 Å². The summed E-state index contributed by atoms with van der Waals surface area (Å²) in [6, 6.07) is 4.74. The van der Waals surface area contributed by atoms with Gasteiger partial charge in [-0.1, -0.05) is 13.0 Å². The Morgan fingerprint density at radius 2 is 2.26 bits per heavy atom. The van der Waals surface area contributed by atoms with Crippen molar-refractivity contribution in [2.75, 3.05) is 19.6 Å². The van der Waals surface area contributed by atoms with Crippen LogP contribution in [0, 0.1) is 11.7 Å². The highest BCUT2D eigenvalue weighted by molar-refractivity contribution is 5.99.